The van der Waals surface area contributed by atoms with Gasteiger partial charge in [0.25, 0.3) is 0 Å². The van der Waals surface area contributed by atoms with E-state index in [1.54, 1.807) is 7.11 Å². The smallest absolute Gasteiger partial charge is 0.122 e. The lowest BCUT2D eigenvalue weighted by atomic mass is 9.88. The number of halogens is 1. The predicted molar refractivity (Wildman–Crippen MR) is 60.7 cm³/mol. The third-order valence-electron chi connectivity index (χ3n) is 2.78. The summed E-state index contributed by atoms with van der Waals surface area (Å²) in [5.41, 5.74) is 8.60. The highest BCUT2D eigenvalue weighted by molar-refractivity contribution is 9.10. The van der Waals surface area contributed by atoms with Gasteiger partial charge < -0.3 is 10.5 Å². The zero-order chi connectivity index (χ0) is 10.1. The van der Waals surface area contributed by atoms with E-state index < -0.39 is 0 Å². The number of nitrogens with two attached hydrogens (primary N) is 1. The predicted octanol–water partition coefficient (Wildman–Crippen LogP) is 2.27. The lowest BCUT2D eigenvalue weighted by molar-refractivity contribution is 0.403. The molecule has 1 aromatic carbocycles. The van der Waals surface area contributed by atoms with E-state index in [4.69, 9.17) is 10.5 Å². The maximum Gasteiger partial charge on any atom is 0.122 e. The molecule has 0 aliphatic heterocycles. The number of fused-ring (bicyclic) bond motifs is 1. The van der Waals surface area contributed by atoms with Gasteiger partial charge in [0.05, 0.1) is 7.11 Å². The fourth-order valence-corrected chi connectivity index (χ4v) is 2.59. The third kappa shape index (κ3) is 1.66. The average molecular weight is 256 g/mol. The molecule has 2 nitrogen and oxygen atoms in total. The SMILES string of the molecule is COc1ccc(Br)c2c1CC(N)CC2. The lowest BCUT2D eigenvalue weighted by Gasteiger charge is -2.24. The maximum absolute atomic E-state index is 5.95. The van der Waals surface area contributed by atoms with Crippen LogP contribution in [0.15, 0.2) is 16.6 Å². The van der Waals surface area contributed by atoms with Gasteiger partial charge >= 0.3 is 0 Å². The summed E-state index contributed by atoms with van der Waals surface area (Å²) in [7, 11) is 1.71. The Bertz CT molecular complexity index is 351. The highest BCUT2D eigenvalue weighted by atomic mass is 79.9. The number of rotatable bonds is 1. The van der Waals surface area contributed by atoms with Gasteiger partial charge in [0.2, 0.25) is 0 Å². The summed E-state index contributed by atoms with van der Waals surface area (Å²) >= 11 is 3.57. The normalized spacial score (nSPS) is 20.4. The van der Waals surface area contributed by atoms with Crippen molar-refractivity contribution >= 4 is 15.9 Å². The molecule has 3 heteroatoms. The molecule has 0 saturated carbocycles. The Morgan fingerprint density at radius 1 is 1.43 bits per heavy atom. The van der Waals surface area contributed by atoms with Gasteiger partial charge in [-0.1, -0.05) is 15.9 Å². The second-order valence-corrected chi connectivity index (χ2v) is 4.56. The molecule has 1 aliphatic rings. The summed E-state index contributed by atoms with van der Waals surface area (Å²) in [6.45, 7) is 0. The molecule has 0 radical (unpaired) electrons. The molecular formula is C11H14BrNO. The van der Waals surface area contributed by atoms with Crippen molar-refractivity contribution in [1.82, 2.24) is 0 Å². The number of hydrogen-bond acceptors (Lipinski definition) is 2. The molecule has 0 saturated heterocycles. The van der Waals surface area contributed by atoms with Crippen LogP contribution in [-0.4, -0.2) is 13.2 Å². The highest BCUT2D eigenvalue weighted by Gasteiger charge is 2.20. The molecule has 1 atom stereocenters. The van der Waals surface area contributed by atoms with Crippen LogP contribution >= 0.6 is 15.9 Å². The monoisotopic (exact) mass is 255 g/mol. The first-order valence-electron chi connectivity index (χ1n) is 4.82. The largest absolute Gasteiger partial charge is 0.496 e. The van der Waals surface area contributed by atoms with Crippen LogP contribution in [0, 0.1) is 0 Å². The summed E-state index contributed by atoms with van der Waals surface area (Å²) < 4.78 is 6.52. The summed E-state index contributed by atoms with van der Waals surface area (Å²) in [6.07, 6.45) is 3.05. The Labute approximate surface area is 92.6 Å². The molecule has 14 heavy (non-hydrogen) atoms. The molecule has 0 aromatic heterocycles. The van der Waals surface area contributed by atoms with Crippen LogP contribution in [0.4, 0.5) is 0 Å². The van der Waals surface area contributed by atoms with E-state index in [0.717, 1.165) is 25.0 Å². The third-order valence-corrected chi connectivity index (χ3v) is 3.53. The number of hydrogen-bond donors (Lipinski definition) is 1. The van der Waals surface area contributed by atoms with Crippen molar-refractivity contribution in [2.75, 3.05) is 7.11 Å². The molecule has 0 spiro atoms. The van der Waals surface area contributed by atoms with Crippen molar-refractivity contribution < 1.29 is 4.74 Å². The van der Waals surface area contributed by atoms with Crippen molar-refractivity contribution in [3.63, 3.8) is 0 Å². The summed E-state index contributed by atoms with van der Waals surface area (Å²) in [6, 6.07) is 4.33. The zero-order valence-electron chi connectivity index (χ0n) is 8.22. The number of methoxy groups -OCH3 is 1. The summed E-state index contributed by atoms with van der Waals surface area (Å²) in [5, 5.41) is 0. The fraction of sp³-hybridized carbons (Fsp3) is 0.455. The van der Waals surface area contributed by atoms with Gasteiger partial charge in [-0.15, -0.1) is 0 Å². The second kappa shape index (κ2) is 3.91. The Balaban J connectivity index is 2.49. The Hall–Kier alpha value is -0.540. The number of benzene rings is 1. The molecule has 1 aliphatic carbocycles. The van der Waals surface area contributed by atoms with E-state index in [1.807, 2.05) is 6.07 Å². The van der Waals surface area contributed by atoms with Gasteiger partial charge in [0.1, 0.15) is 5.75 Å². The van der Waals surface area contributed by atoms with Gasteiger partial charge in [-0.2, -0.15) is 0 Å². The van der Waals surface area contributed by atoms with Gasteiger partial charge in [-0.3, -0.25) is 0 Å². The van der Waals surface area contributed by atoms with Gasteiger partial charge in [0.15, 0.2) is 0 Å². The van der Waals surface area contributed by atoms with E-state index in [0.29, 0.717) is 0 Å². The molecule has 76 valence electrons. The van der Waals surface area contributed by atoms with Crippen molar-refractivity contribution in [3.05, 3.63) is 27.7 Å². The molecule has 0 fully saturated rings. The minimum Gasteiger partial charge on any atom is -0.496 e. The lowest BCUT2D eigenvalue weighted by Crippen LogP contribution is -2.28. The molecular weight excluding hydrogens is 242 g/mol. The zero-order valence-corrected chi connectivity index (χ0v) is 9.80. The minimum absolute atomic E-state index is 0.283. The molecule has 1 aromatic rings. The van der Waals surface area contributed by atoms with Crippen LogP contribution in [0.5, 0.6) is 5.75 Å². The Kier molecular flexibility index (Phi) is 2.79. The maximum atomic E-state index is 5.95. The first kappa shape index (κ1) is 9.99. The second-order valence-electron chi connectivity index (χ2n) is 3.71. The van der Waals surface area contributed by atoms with Crippen molar-refractivity contribution in [2.24, 2.45) is 5.73 Å². The van der Waals surface area contributed by atoms with Crippen LogP contribution in [0.2, 0.25) is 0 Å². The Morgan fingerprint density at radius 3 is 2.93 bits per heavy atom. The molecule has 1 unspecified atom stereocenters. The first-order chi connectivity index (χ1) is 6.72. The van der Waals surface area contributed by atoms with Gasteiger partial charge in [0, 0.05) is 10.5 Å². The van der Waals surface area contributed by atoms with Crippen LogP contribution in [0.25, 0.3) is 0 Å². The summed E-state index contributed by atoms with van der Waals surface area (Å²) in [4.78, 5) is 0. The van der Waals surface area contributed by atoms with Crippen LogP contribution < -0.4 is 10.5 Å². The number of ether oxygens (including phenoxy) is 1. The van der Waals surface area contributed by atoms with E-state index >= 15 is 0 Å². The molecule has 2 N–H and O–H groups in total. The van der Waals surface area contributed by atoms with Crippen molar-refractivity contribution in [2.45, 2.75) is 25.3 Å². The van der Waals surface area contributed by atoms with E-state index in [9.17, 15) is 0 Å². The van der Waals surface area contributed by atoms with E-state index in [1.165, 1.54) is 15.6 Å². The molecule has 0 bridgehead atoms. The van der Waals surface area contributed by atoms with Crippen molar-refractivity contribution in [1.29, 1.82) is 0 Å². The van der Waals surface area contributed by atoms with Crippen LogP contribution in [-0.2, 0) is 12.8 Å². The van der Waals surface area contributed by atoms with Crippen molar-refractivity contribution in [3.8, 4) is 5.75 Å². The van der Waals surface area contributed by atoms with E-state index in [2.05, 4.69) is 22.0 Å². The first-order valence-corrected chi connectivity index (χ1v) is 5.61. The van der Waals surface area contributed by atoms with Gasteiger partial charge in [-0.05, 0) is 42.5 Å². The highest BCUT2D eigenvalue weighted by Crippen LogP contribution is 2.34. The van der Waals surface area contributed by atoms with Crippen LogP contribution in [0.1, 0.15) is 17.5 Å². The van der Waals surface area contributed by atoms with Gasteiger partial charge in [-0.25, -0.2) is 0 Å². The average Bonchev–Trinajstić information content (AvgIpc) is 2.18. The van der Waals surface area contributed by atoms with Crippen LogP contribution in [0.3, 0.4) is 0 Å². The standard InChI is InChI=1S/C11H14BrNO/c1-14-11-5-4-10(12)8-3-2-7(13)6-9(8)11/h4-5,7H,2-3,6,13H2,1H3. The summed E-state index contributed by atoms with van der Waals surface area (Å²) in [5.74, 6) is 0.971. The topological polar surface area (TPSA) is 35.2 Å². The fourth-order valence-electron chi connectivity index (χ4n) is 2.02. The quantitative estimate of drug-likeness (QED) is 0.836. The minimum atomic E-state index is 0.283. The molecule has 2 rings (SSSR count). The Morgan fingerprint density at radius 2 is 2.21 bits per heavy atom. The van der Waals surface area contributed by atoms with E-state index in [-0.39, 0.29) is 6.04 Å². The molecule has 0 heterocycles. The molecule has 0 amide bonds.